The number of nitrogens with one attached hydrogen (secondary N) is 1. The third-order valence-electron chi connectivity index (χ3n) is 4.01. The fraction of sp³-hybridized carbons (Fsp3) is 0.562. The minimum absolute atomic E-state index is 0.197. The molecule has 0 unspecified atom stereocenters. The molecule has 0 atom stereocenters. The molecule has 7 nitrogen and oxygen atoms in total. The summed E-state index contributed by atoms with van der Waals surface area (Å²) in [6.07, 6.45) is 3.53. The van der Waals surface area contributed by atoms with Gasteiger partial charge in [-0.1, -0.05) is 0 Å². The van der Waals surface area contributed by atoms with Gasteiger partial charge in [0.1, 0.15) is 17.8 Å². The topological polar surface area (TPSA) is 74.3 Å². The molecule has 0 saturated carbocycles. The van der Waals surface area contributed by atoms with E-state index >= 15 is 0 Å². The molecule has 3 heterocycles. The van der Waals surface area contributed by atoms with Gasteiger partial charge in [0, 0.05) is 19.3 Å². The predicted octanol–water partition coefficient (Wildman–Crippen LogP) is 1.89. The number of H-pyrrole nitrogens is 1. The minimum Gasteiger partial charge on any atom is -0.367 e. The first-order valence-corrected chi connectivity index (χ1v) is 7.87. The van der Waals surface area contributed by atoms with Crippen LogP contribution in [0.15, 0.2) is 12.5 Å². The van der Waals surface area contributed by atoms with Gasteiger partial charge in [-0.05, 0) is 33.3 Å². The molecule has 1 fully saturated rings. The Morgan fingerprint density at radius 2 is 1.91 bits per heavy atom. The van der Waals surface area contributed by atoms with E-state index < -0.39 is 5.41 Å². The summed E-state index contributed by atoms with van der Waals surface area (Å²) >= 11 is 0. The average molecular weight is 317 g/mol. The SMILES string of the molecule is Cc1c[nH]c2ncnc(N3CCN(OC(=O)C(C)(C)C)CC3)c12. The van der Waals surface area contributed by atoms with Crippen LogP contribution in [0.25, 0.3) is 11.0 Å². The van der Waals surface area contributed by atoms with Crippen molar-refractivity contribution < 1.29 is 9.63 Å². The number of hydroxylamine groups is 2. The number of aromatic amines is 1. The molecular weight excluding hydrogens is 294 g/mol. The molecule has 1 saturated heterocycles. The molecule has 7 heteroatoms. The molecule has 0 aromatic carbocycles. The fourth-order valence-electron chi connectivity index (χ4n) is 2.58. The quantitative estimate of drug-likeness (QED) is 0.912. The second kappa shape index (κ2) is 5.81. The minimum atomic E-state index is -0.488. The lowest BCUT2D eigenvalue weighted by molar-refractivity contribution is -0.201. The summed E-state index contributed by atoms with van der Waals surface area (Å²) < 4.78 is 0. The summed E-state index contributed by atoms with van der Waals surface area (Å²) in [5.41, 5.74) is 1.50. The molecule has 1 N–H and O–H groups in total. The molecule has 124 valence electrons. The van der Waals surface area contributed by atoms with Gasteiger partial charge in [0.15, 0.2) is 0 Å². The van der Waals surface area contributed by atoms with Crippen LogP contribution < -0.4 is 4.90 Å². The highest BCUT2D eigenvalue weighted by Crippen LogP contribution is 2.26. The summed E-state index contributed by atoms with van der Waals surface area (Å²) in [5, 5.41) is 2.81. The number of piperazine rings is 1. The van der Waals surface area contributed by atoms with E-state index in [0.717, 1.165) is 35.5 Å². The van der Waals surface area contributed by atoms with E-state index in [2.05, 4.69) is 19.9 Å². The Bertz CT molecular complexity index is 711. The summed E-state index contributed by atoms with van der Waals surface area (Å²) in [6.45, 7) is 10.5. The number of fused-ring (bicyclic) bond motifs is 1. The van der Waals surface area contributed by atoms with Crippen LogP contribution in [0.5, 0.6) is 0 Å². The van der Waals surface area contributed by atoms with Crippen LogP contribution in [0.2, 0.25) is 0 Å². The van der Waals surface area contributed by atoms with Gasteiger partial charge in [0.05, 0.1) is 23.9 Å². The highest BCUT2D eigenvalue weighted by atomic mass is 16.7. The predicted molar refractivity (Wildman–Crippen MR) is 88.0 cm³/mol. The van der Waals surface area contributed by atoms with Crippen LogP contribution in [-0.4, -0.2) is 52.2 Å². The molecule has 3 rings (SSSR count). The zero-order valence-corrected chi connectivity index (χ0v) is 14.1. The van der Waals surface area contributed by atoms with Gasteiger partial charge in [-0.15, -0.1) is 5.06 Å². The van der Waals surface area contributed by atoms with Crippen LogP contribution in [0, 0.1) is 12.3 Å². The highest BCUT2D eigenvalue weighted by Gasteiger charge is 2.28. The molecule has 23 heavy (non-hydrogen) atoms. The lowest BCUT2D eigenvalue weighted by Gasteiger charge is -2.35. The summed E-state index contributed by atoms with van der Waals surface area (Å²) in [5.74, 6) is 0.743. The van der Waals surface area contributed by atoms with Crippen molar-refractivity contribution in [3.8, 4) is 0 Å². The smallest absolute Gasteiger partial charge is 0.330 e. The van der Waals surface area contributed by atoms with E-state index in [1.807, 2.05) is 33.9 Å². The maximum atomic E-state index is 12.0. The number of aromatic nitrogens is 3. The Labute approximate surface area is 135 Å². The summed E-state index contributed by atoms with van der Waals surface area (Å²) in [6, 6.07) is 0. The Hall–Kier alpha value is -2.15. The van der Waals surface area contributed by atoms with Crippen molar-refractivity contribution in [2.75, 3.05) is 31.1 Å². The van der Waals surface area contributed by atoms with Crippen LogP contribution in [0.1, 0.15) is 26.3 Å². The van der Waals surface area contributed by atoms with Gasteiger partial charge in [0.2, 0.25) is 0 Å². The number of anilines is 1. The Kier molecular flexibility index (Phi) is 3.97. The number of hydrogen-bond donors (Lipinski definition) is 1. The van der Waals surface area contributed by atoms with Gasteiger partial charge in [-0.3, -0.25) is 0 Å². The Balaban J connectivity index is 1.69. The average Bonchev–Trinajstić information content (AvgIpc) is 2.89. The second-order valence-corrected chi connectivity index (χ2v) is 6.94. The number of carbonyl (C=O) groups is 1. The molecule has 2 aromatic rings. The van der Waals surface area contributed by atoms with Crippen molar-refractivity contribution >= 4 is 22.8 Å². The largest absolute Gasteiger partial charge is 0.367 e. The zero-order chi connectivity index (χ0) is 16.6. The Morgan fingerprint density at radius 3 is 2.57 bits per heavy atom. The van der Waals surface area contributed by atoms with Crippen molar-refractivity contribution in [1.82, 2.24) is 20.0 Å². The van der Waals surface area contributed by atoms with E-state index in [0.29, 0.717) is 13.1 Å². The highest BCUT2D eigenvalue weighted by molar-refractivity contribution is 5.90. The first-order valence-electron chi connectivity index (χ1n) is 7.87. The zero-order valence-electron chi connectivity index (χ0n) is 14.1. The number of rotatable bonds is 2. The van der Waals surface area contributed by atoms with Crippen molar-refractivity contribution in [2.45, 2.75) is 27.7 Å². The second-order valence-electron chi connectivity index (χ2n) is 6.94. The number of carbonyl (C=O) groups excluding carboxylic acids is 1. The molecule has 0 spiro atoms. The molecule has 2 aromatic heterocycles. The standard InChI is InChI=1S/C16H23N5O2/c1-11-9-17-13-12(11)14(19-10-18-13)20-5-7-21(8-6-20)23-15(22)16(2,3)4/h9-10H,5-8H2,1-4H3,(H,17,18,19). The van der Waals surface area contributed by atoms with Crippen molar-refractivity contribution in [2.24, 2.45) is 5.41 Å². The molecule has 0 aliphatic carbocycles. The van der Waals surface area contributed by atoms with Gasteiger partial charge in [0.25, 0.3) is 0 Å². The van der Waals surface area contributed by atoms with Crippen LogP contribution in [0.3, 0.4) is 0 Å². The maximum absolute atomic E-state index is 12.0. The molecule has 0 amide bonds. The van der Waals surface area contributed by atoms with E-state index in [4.69, 9.17) is 4.84 Å². The number of nitrogens with zero attached hydrogens (tertiary/aromatic N) is 4. The third kappa shape index (κ3) is 3.14. The Morgan fingerprint density at radius 1 is 1.22 bits per heavy atom. The van der Waals surface area contributed by atoms with E-state index in [1.54, 1.807) is 11.4 Å². The van der Waals surface area contributed by atoms with Gasteiger partial charge in [-0.2, -0.15) is 0 Å². The molecular formula is C16H23N5O2. The third-order valence-corrected chi connectivity index (χ3v) is 4.01. The van der Waals surface area contributed by atoms with Crippen molar-refractivity contribution in [3.63, 3.8) is 0 Å². The van der Waals surface area contributed by atoms with Crippen LogP contribution in [-0.2, 0) is 9.63 Å². The van der Waals surface area contributed by atoms with Crippen molar-refractivity contribution in [1.29, 1.82) is 0 Å². The molecule has 1 aliphatic rings. The summed E-state index contributed by atoms with van der Waals surface area (Å²) in [4.78, 5) is 31.5. The van der Waals surface area contributed by atoms with Crippen LogP contribution >= 0.6 is 0 Å². The molecule has 1 aliphatic heterocycles. The van der Waals surface area contributed by atoms with E-state index in [-0.39, 0.29) is 5.97 Å². The van der Waals surface area contributed by atoms with Crippen LogP contribution in [0.4, 0.5) is 5.82 Å². The van der Waals surface area contributed by atoms with E-state index in [9.17, 15) is 4.79 Å². The van der Waals surface area contributed by atoms with Gasteiger partial charge >= 0.3 is 5.97 Å². The first-order chi connectivity index (χ1) is 10.9. The maximum Gasteiger partial charge on any atom is 0.330 e. The number of aryl methyl sites for hydroxylation is 1. The lowest BCUT2D eigenvalue weighted by atomic mass is 9.98. The molecule has 0 radical (unpaired) electrons. The normalized spacial score (nSPS) is 16.8. The van der Waals surface area contributed by atoms with Gasteiger partial charge < -0.3 is 14.7 Å². The monoisotopic (exact) mass is 317 g/mol. The lowest BCUT2D eigenvalue weighted by Crippen LogP contribution is -2.48. The summed E-state index contributed by atoms with van der Waals surface area (Å²) in [7, 11) is 0. The fourth-order valence-corrected chi connectivity index (χ4v) is 2.58. The number of hydrogen-bond acceptors (Lipinski definition) is 6. The molecule has 0 bridgehead atoms. The first kappa shape index (κ1) is 15.7. The van der Waals surface area contributed by atoms with Gasteiger partial charge in [-0.25, -0.2) is 14.8 Å². The van der Waals surface area contributed by atoms with Crippen molar-refractivity contribution in [3.05, 3.63) is 18.1 Å². The van der Waals surface area contributed by atoms with E-state index in [1.165, 1.54) is 0 Å².